The topological polar surface area (TPSA) is 34.0 Å². The van der Waals surface area contributed by atoms with Crippen molar-refractivity contribution in [2.45, 2.75) is 70.9 Å². The highest BCUT2D eigenvalue weighted by Gasteiger charge is 2.29. The monoisotopic (exact) mass is 262 g/mol. The van der Waals surface area contributed by atoms with E-state index in [1.165, 1.54) is 50.4 Å². The van der Waals surface area contributed by atoms with Crippen molar-refractivity contribution in [1.29, 1.82) is 0 Å². The van der Waals surface area contributed by atoms with Gasteiger partial charge in [0.05, 0.1) is 0 Å². The van der Waals surface area contributed by atoms with E-state index >= 15 is 0 Å². The van der Waals surface area contributed by atoms with E-state index in [2.05, 4.69) is 40.4 Å². The molecule has 0 aliphatic carbocycles. The zero-order valence-electron chi connectivity index (χ0n) is 12.5. The van der Waals surface area contributed by atoms with Crippen LogP contribution >= 0.6 is 0 Å². The van der Waals surface area contributed by atoms with Crippen LogP contribution in [0.15, 0.2) is 0 Å². The number of likely N-dealkylation sites (tertiary alicyclic amines) is 1. The molecule has 1 atom stereocenters. The van der Waals surface area contributed by atoms with Crippen LogP contribution in [-0.2, 0) is 6.42 Å². The Kier molecular flexibility index (Phi) is 3.61. The summed E-state index contributed by atoms with van der Waals surface area (Å²) in [7, 11) is 0. The summed E-state index contributed by atoms with van der Waals surface area (Å²) in [6.45, 7) is 9.32. The standard InChI is InChI=1S/C15H26N4/c1-11(2)18-9-7-13(8-10-18)15-17-16-14-6-4-5-12(3)19(14)15/h11-13H,4-10H2,1-3H3. The van der Waals surface area contributed by atoms with Gasteiger partial charge in [0.15, 0.2) is 0 Å². The first-order chi connectivity index (χ1) is 9.16. The maximum absolute atomic E-state index is 4.54. The Hall–Kier alpha value is -0.900. The van der Waals surface area contributed by atoms with Gasteiger partial charge < -0.3 is 9.47 Å². The molecule has 0 saturated carbocycles. The molecule has 0 bridgehead atoms. The van der Waals surface area contributed by atoms with Gasteiger partial charge in [0.25, 0.3) is 0 Å². The van der Waals surface area contributed by atoms with Crippen molar-refractivity contribution in [3.05, 3.63) is 11.6 Å². The van der Waals surface area contributed by atoms with Crippen LogP contribution in [0.25, 0.3) is 0 Å². The van der Waals surface area contributed by atoms with Crippen molar-refractivity contribution in [3.8, 4) is 0 Å². The molecule has 1 aromatic heterocycles. The van der Waals surface area contributed by atoms with E-state index in [1.54, 1.807) is 0 Å². The average Bonchev–Trinajstić information content (AvgIpc) is 2.84. The summed E-state index contributed by atoms with van der Waals surface area (Å²) < 4.78 is 2.44. The van der Waals surface area contributed by atoms with Crippen molar-refractivity contribution >= 4 is 0 Å². The Labute approximate surface area is 116 Å². The summed E-state index contributed by atoms with van der Waals surface area (Å²) in [6.07, 6.45) is 6.14. The molecule has 3 rings (SSSR count). The van der Waals surface area contributed by atoms with Gasteiger partial charge in [-0.15, -0.1) is 10.2 Å². The van der Waals surface area contributed by atoms with Gasteiger partial charge in [-0.05, 0) is 59.5 Å². The van der Waals surface area contributed by atoms with Crippen molar-refractivity contribution in [3.63, 3.8) is 0 Å². The summed E-state index contributed by atoms with van der Waals surface area (Å²) >= 11 is 0. The molecule has 19 heavy (non-hydrogen) atoms. The number of aryl methyl sites for hydroxylation is 1. The maximum Gasteiger partial charge on any atom is 0.136 e. The SMILES string of the molecule is CC(C)N1CCC(c2nnc3n2C(C)CCC3)CC1. The van der Waals surface area contributed by atoms with Crippen molar-refractivity contribution in [2.75, 3.05) is 13.1 Å². The third-order valence-electron chi connectivity index (χ3n) is 4.88. The van der Waals surface area contributed by atoms with Gasteiger partial charge in [0.1, 0.15) is 11.6 Å². The second-order valence-corrected chi connectivity index (χ2v) is 6.49. The highest BCUT2D eigenvalue weighted by molar-refractivity contribution is 5.07. The summed E-state index contributed by atoms with van der Waals surface area (Å²) in [4.78, 5) is 2.58. The zero-order valence-corrected chi connectivity index (χ0v) is 12.5. The number of nitrogens with zero attached hydrogens (tertiary/aromatic N) is 4. The summed E-state index contributed by atoms with van der Waals surface area (Å²) in [5.41, 5.74) is 0. The van der Waals surface area contributed by atoms with Crippen molar-refractivity contribution in [1.82, 2.24) is 19.7 Å². The fourth-order valence-electron chi connectivity index (χ4n) is 3.63. The highest BCUT2D eigenvalue weighted by Crippen LogP contribution is 2.33. The molecule has 0 aromatic carbocycles. The van der Waals surface area contributed by atoms with Crippen LogP contribution in [0.3, 0.4) is 0 Å². The molecule has 106 valence electrons. The Bertz CT molecular complexity index is 429. The Morgan fingerprint density at radius 3 is 2.53 bits per heavy atom. The molecule has 1 unspecified atom stereocenters. The van der Waals surface area contributed by atoms with Crippen LogP contribution < -0.4 is 0 Å². The highest BCUT2D eigenvalue weighted by atomic mass is 15.3. The molecule has 0 spiro atoms. The van der Waals surface area contributed by atoms with Gasteiger partial charge in [-0.1, -0.05) is 0 Å². The third-order valence-corrected chi connectivity index (χ3v) is 4.88. The number of fused-ring (bicyclic) bond motifs is 1. The van der Waals surface area contributed by atoms with Crippen LogP contribution in [-0.4, -0.2) is 38.8 Å². The molecule has 1 fully saturated rings. The lowest BCUT2D eigenvalue weighted by Gasteiger charge is -2.35. The molecular formula is C15H26N4. The predicted molar refractivity (Wildman–Crippen MR) is 76.4 cm³/mol. The van der Waals surface area contributed by atoms with Crippen LogP contribution in [0.4, 0.5) is 0 Å². The molecule has 4 heteroatoms. The number of hydrogen-bond donors (Lipinski definition) is 0. The molecular weight excluding hydrogens is 236 g/mol. The molecule has 0 N–H and O–H groups in total. The summed E-state index contributed by atoms with van der Waals surface area (Å²) in [6, 6.07) is 1.27. The van der Waals surface area contributed by atoms with Crippen LogP contribution in [0.1, 0.15) is 70.1 Å². The van der Waals surface area contributed by atoms with E-state index in [1.807, 2.05) is 0 Å². The van der Waals surface area contributed by atoms with E-state index in [0.29, 0.717) is 18.0 Å². The van der Waals surface area contributed by atoms with E-state index in [4.69, 9.17) is 0 Å². The number of rotatable bonds is 2. The Morgan fingerprint density at radius 2 is 1.84 bits per heavy atom. The molecule has 4 nitrogen and oxygen atoms in total. The minimum atomic E-state index is 0.594. The van der Waals surface area contributed by atoms with Gasteiger partial charge >= 0.3 is 0 Å². The first-order valence-corrected chi connectivity index (χ1v) is 7.84. The largest absolute Gasteiger partial charge is 0.312 e. The van der Waals surface area contributed by atoms with Gasteiger partial charge in [0, 0.05) is 24.4 Å². The smallest absolute Gasteiger partial charge is 0.136 e. The van der Waals surface area contributed by atoms with E-state index in [0.717, 1.165) is 6.42 Å². The quantitative estimate of drug-likeness (QED) is 0.822. The number of piperidine rings is 1. The first kappa shape index (κ1) is 13.1. The lowest BCUT2D eigenvalue weighted by Crippen LogP contribution is -2.38. The second kappa shape index (κ2) is 5.23. The van der Waals surface area contributed by atoms with Crippen molar-refractivity contribution in [2.24, 2.45) is 0 Å². The Morgan fingerprint density at radius 1 is 1.11 bits per heavy atom. The first-order valence-electron chi connectivity index (χ1n) is 7.84. The molecule has 2 aliphatic heterocycles. The molecule has 1 saturated heterocycles. The van der Waals surface area contributed by atoms with E-state index in [9.17, 15) is 0 Å². The molecule has 0 amide bonds. The molecule has 0 radical (unpaired) electrons. The normalized spacial score (nSPS) is 25.8. The number of aromatic nitrogens is 3. The average molecular weight is 262 g/mol. The van der Waals surface area contributed by atoms with Gasteiger partial charge in [-0.25, -0.2) is 0 Å². The van der Waals surface area contributed by atoms with E-state index < -0.39 is 0 Å². The number of hydrogen-bond acceptors (Lipinski definition) is 3. The van der Waals surface area contributed by atoms with Crippen LogP contribution in [0.2, 0.25) is 0 Å². The Balaban J connectivity index is 1.76. The minimum Gasteiger partial charge on any atom is -0.312 e. The van der Waals surface area contributed by atoms with Gasteiger partial charge in [-0.3, -0.25) is 0 Å². The van der Waals surface area contributed by atoms with Crippen LogP contribution in [0.5, 0.6) is 0 Å². The van der Waals surface area contributed by atoms with Gasteiger partial charge in [0.2, 0.25) is 0 Å². The fraction of sp³-hybridized carbons (Fsp3) is 0.867. The minimum absolute atomic E-state index is 0.594. The summed E-state index contributed by atoms with van der Waals surface area (Å²) in [5.74, 6) is 3.11. The van der Waals surface area contributed by atoms with E-state index in [-0.39, 0.29) is 0 Å². The fourth-order valence-corrected chi connectivity index (χ4v) is 3.63. The molecule has 3 heterocycles. The van der Waals surface area contributed by atoms with Gasteiger partial charge in [-0.2, -0.15) is 0 Å². The third kappa shape index (κ3) is 2.42. The molecule has 1 aromatic rings. The lowest BCUT2D eigenvalue weighted by atomic mass is 9.94. The predicted octanol–water partition coefficient (Wildman–Crippen LogP) is 2.76. The molecule has 2 aliphatic rings. The lowest BCUT2D eigenvalue weighted by molar-refractivity contribution is 0.167. The summed E-state index contributed by atoms with van der Waals surface area (Å²) in [5, 5.41) is 8.97. The maximum atomic E-state index is 4.54. The zero-order chi connectivity index (χ0) is 13.4. The van der Waals surface area contributed by atoms with Crippen LogP contribution in [0, 0.1) is 0 Å². The second-order valence-electron chi connectivity index (χ2n) is 6.49. The van der Waals surface area contributed by atoms with Crippen molar-refractivity contribution < 1.29 is 0 Å².